The quantitative estimate of drug-likeness (QED) is 0.0575. The summed E-state index contributed by atoms with van der Waals surface area (Å²) in [5, 5.41) is 13.0. The number of carbonyl (C=O) groups excluding carboxylic acids is 5. The standard InChI is InChI=1S/C47H56ClN10O7P/c1-65-38-28-31(15-16-34(38)52-47-50-29-33(48)43(54-47)51-35-11-6-7-13-39(35)66(2,3)64)55-22-19-30(20-23-55)56-24-26-57(27-25-56)41(60)14-5-4-8-21-49-36-12-9-10-32-42(36)46(63)58(45(32)62)37-17-18-40(59)53-44(37)61/h6-7,9-13,15-16,28-30,37,49H,4-5,8,14,17-27H2,1-3H3,(H,53,59,61)(H2,50,51,52,54). The summed E-state index contributed by atoms with van der Waals surface area (Å²) < 4.78 is 18.7. The Morgan fingerprint density at radius 1 is 0.864 bits per heavy atom. The third-order valence-corrected chi connectivity index (χ3v) is 14.6. The minimum atomic E-state index is -2.56. The van der Waals surface area contributed by atoms with E-state index < -0.39 is 36.8 Å². The molecule has 1 atom stereocenters. The fraction of sp³-hybridized carbons (Fsp3) is 0.426. The zero-order valence-corrected chi connectivity index (χ0v) is 39.1. The van der Waals surface area contributed by atoms with Crippen molar-refractivity contribution < 1.29 is 33.3 Å². The molecule has 3 aromatic carbocycles. The van der Waals surface area contributed by atoms with Crippen LogP contribution < -0.4 is 36.2 Å². The first kappa shape index (κ1) is 46.5. The Morgan fingerprint density at radius 2 is 1.62 bits per heavy atom. The molecular formula is C47H56ClN10O7P. The molecule has 3 saturated heterocycles. The Kier molecular flexibility index (Phi) is 14.3. The molecule has 0 saturated carbocycles. The zero-order chi connectivity index (χ0) is 46.5. The number of unbranched alkanes of at least 4 members (excludes halogenated alkanes) is 2. The molecule has 0 bridgehead atoms. The van der Waals surface area contributed by atoms with E-state index in [1.54, 1.807) is 38.6 Å². The second-order valence-corrected chi connectivity index (χ2v) is 21.0. The number of nitrogens with one attached hydrogen (secondary N) is 4. The molecule has 5 amide bonds. The van der Waals surface area contributed by atoms with E-state index in [1.165, 1.54) is 6.20 Å². The van der Waals surface area contributed by atoms with Gasteiger partial charge in [0.05, 0.1) is 35.8 Å². The first-order valence-corrected chi connectivity index (χ1v) is 25.5. The number of imide groups is 2. The average Bonchev–Trinajstić information content (AvgIpc) is 3.57. The monoisotopic (exact) mass is 938 g/mol. The molecule has 3 fully saturated rings. The first-order chi connectivity index (χ1) is 31.8. The molecule has 0 spiro atoms. The number of halogens is 1. The van der Waals surface area contributed by atoms with E-state index in [-0.39, 0.29) is 29.9 Å². The van der Waals surface area contributed by atoms with E-state index >= 15 is 0 Å². The minimum absolute atomic E-state index is 0.0669. The van der Waals surface area contributed by atoms with Gasteiger partial charge >= 0.3 is 0 Å². The molecule has 17 nitrogen and oxygen atoms in total. The number of benzene rings is 3. The van der Waals surface area contributed by atoms with Crippen molar-refractivity contribution >= 4 is 88.1 Å². The molecule has 1 unspecified atom stereocenters. The minimum Gasteiger partial charge on any atom is -0.494 e. The number of amides is 5. The number of aromatic nitrogens is 2. The summed E-state index contributed by atoms with van der Waals surface area (Å²) in [5.41, 5.74) is 3.46. The van der Waals surface area contributed by atoms with E-state index in [4.69, 9.17) is 16.3 Å². The summed E-state index contributed by atoms with van der Waals surface area (Å²) in [4.78, 5) is 80.6. The summed E-state index contributed by atoms with van der Waals surface area (Å²) in [6.07, 6.45) is 6.55. The van der Waals surface area contributed by atoms with Crippen molar-refractivity contribution in [2.45, 2.75) is 63.5 Å². The van der Waals surface area contributed by atoms with Gasteiger partial charge in [-0.05, 0) is 81.8 Å². The fourth-order valence-corrected chi connectivity index (χ4v) is 10.5. The van der Waals surface area contributed by atoms with Crippen molar-refractivity contribution in [1.82, 2.24) is 30.0 Å². The highest BCUT2D eigenvalue weighted by Gasteiger charge is 2.45. The van der Waals surface area contributed by atoms with Crippen molar-refractivity contribution in [3.8, 4) is 5.75 Å². The molecule has 348 valence electrons. The van der Waals surface area contributed by atoms with E-state index in [0.29, 0.717) is 63.9 Å². The van der Waals surface area contributed by atoms with Crippen molar-refractivity contribution in [3.05, 3.63) is 83.0 Å². The van der Waals surface area contributed by atoms with Crippen LogP contribution in [0, 0.1) is 0 Å². The zero-order valence-electron chi connectivity index (χ0n) is 37.5. The van der Waals surface area contributed by atoms with Crippen LogP contribution in [0.15, 0.2) is 66.9 Å². The Balaban J connectivity index is 0.750. The molecule has 4 aliphatic heterocycles. The molecule has 4 N–H and O–H groups in total. The van der Waals surface area contributed by atoms with Gasteiger partial charge in [-0.15, -0.1) is 0 Å². The van der Waals surface area contributed by atoms with E-state index in [1.807, 2.05) is 41.3 Å². The van der Waals surface area contributed by atoms with Crippen molar-refractivity contribution in [2.75, 3.05) is 87.1 Å². The van der Waals surface area contributed by atoms with E-state index in [9.17, 15) is 28.5 Å². The van der Waals surface area contributed by atoms with Crippen molar-refractivity contribution in [1.29, 1.82) is 0 Å². The second kappa shape index (κ2) is 20.2. The van der Waals surface area contributed by atoms with Crippen LogP contribution in [0.4, 0.5) is 34.5 Å². The van der Waals surface area contributed by atoms with E-state index in [2.05, 4.69) is 47.1 Å². The van der Waals surface area contributed by atoms with Gasteiger partial charge in [0.1, 0.15) is 24.0 Å². The van der Waals surface area contributed by atoms with Gasteiger partial charge < -0.3 is 35.1 Å². The number of piperazine rings is 1. The molecule has 5 heterocycles. The number of methoxy groups -OCH3 is 1. The van der Waals surface area contributed by atoms with Gasteiger partial charge in [0.2, 0.25) is 23.7 Å². The smallest absolute Gasteiger partial charge is 0.264 e. The maximum absolute atomic E-state index is 13.4. The van der Waals surface area contributed by atoms with Crippen LogP contribution in [0.3, 0.4) is 0 Å². The van der Waals surface area contributed by atoms with Crippen LogP contribution >= 0.6 is 18.7 Å². The fourth-order valence-electron chi connectivity index (χ4n) is 9.24. The lowest BCUT2D eigenvalue weighted by atomic mass is 10.0. The third-order valence-electron chi connectivity index (χ3n) is 12.8. The molecule has 1 aromatic heterocycles. The predicted molar refractivity (Wildman–Crippen MR) is 256 cm³/mol. The summed E-state index contributed by atoms with van der Waals surface area (Å²) in [6, 6.07) is 17.9. The van der Waals surface area contributed by atoms with Gasteiger partial charge in [0.15, 0.2) is 5.82 Å². The molecule has 4 aromatic rings. The Labute approximate surface area is 389 Å². The number of hydrogen-bond acceptors (Lipinski definition) is 14. The van der Waals surface area contributed by atoms with Crippen molar-refractivity contribution in [3.63, 3.8) is 0 Å². The van der Waals surface area contributed by atoms with Crippen LogP contribution in [0.1, 0.15) is 72.1 Å². The Hall–Kier alpha value is -6.03. The highest BCUT2D eigenvalue weighted by atomic mass is 35.5. The average molecular weight is 939 g/mol. The third kappa shape index (κ3) is 10.3. The molecule has 19 heteroatoms. The van der Waals surface area contributed by atoms with Gasteiger partial charge in [-0.2, -0.15) is 4.98 Å². The summed E-state index contributed by atoms with van der Waals surface area (Å²) in [7, 11) is -0.928. The second-order valence-electron chi connectivity index (χ2n) is 17.4. The van der Waals surface area contributed by atoms with Crippen LogP contribution in [-0.2, 0) is 18.9 Å². The SMILES string of the molecule is COc1cc(N2CCC(N3CCN(C(=O)CCCCCNc4cccc5c4C(=O)N(C4CCC(=O)NC4=O)C5=O)CC3)CC2)ccc1Nc1ncc(Cl)c(Nc2ccccc2P(C)(C)=O)n1. The van der Waals surface area contributed by atoms with Gasteiger partial charge in [0, 0.05) is 87.4 Å². The maximum atomic E-state index is 13.4. The molecular weight excluding hydrogens is 883 g/mol. The van der Waals surface area contributed by atoms with Crippen LogP contribution in [0.2, 0.25) is 5.02 Å². The first-order valence-electron chi connectivity index (χ1n) is 22.5. The summed E-state index contributed by atoms with van der Waals surface area (Å²) in [6.45, 7) is 8.94. The Bertz CT molecular complexity index is 2560. The van der Waals surface area contributed by atoms with Gasteiger partial charge in [-0.1, -0.05) is 36.2 Å². The van der Waals surface area contributed by atoms with Gasteiger partial charge in [0.25, 0.3) is 11.8 Å². The van der Waals surface area contributed by atoms with Crippen LogP contribution in [0.5, 0.6) is 5.75 Å². The van der Waals surface area contributed by atoms with Gasteiger partial charge in [-0.3, -0.25) is 39.1 Å². The number of hydrogen-bond donors (Lipinski definition) is 4. The molecule has 0 radical (unpaired) electrons. The highest BCUT2D eigenvalue weighted by molar-refractivity contribution is 7.70. The number of anilines is 6. The topological polar surface area (TPSA) is 199 Å². The molecule has 66 heavy (non-hydrogen) atoms. The lowest BCUT2D eigenvalue weighted by Gasteiger charge is -2.43. The summed E-state index contributed by atoms with van der Waals surface area (Å²) >= 11 is 6.48. The maximum Gasteiger partial charge on any atom is 0.264 e. The predicted octanol–water partition coefficient (Wildman–Crippen LogP) is 6.06. The number of nitrogens with zero attached hydrogens (tertiary/aromatic N) is 6. The molecule has 0 aliphatic carbocycles. The normalized spacial score (nSPS) is 18.3. The number of rotatable bonds is 16. The number of fused-ring (bicyclic) bond motifs is 1. The largest absolute Gasteiger partial charge is 0.494 e. The van der Waals surface area contributed by atoms with Crippen LogP contribution in [-0.4, -0.2) is 133 Å². The number of ether oxygens (including phenoxy) is 1. The highest BCUT2D eigenvalue weighted by Crippen LogP contribution is 2.39. The van der Waals surface area contributed by atoms with E-state index in [0.717, 1.165) is 82.0 Å². The Morgan fingerprint density at radius 3 is 2.36 bits per heavy atom. The molecule has 8 rings (SSSR count). The summed E-state index contributed by atoms with van der Waals surface area (Å²) in [5.74, 6) is -0.581. The van der Waals surface area contributed by atoms with Crippen molar-refractivity contribution in [2.24, 2.45) is 0 Å². The number of carbonyl (C=O) groups is 5. The lowest BCUT2D eigenvalue weighted by molar-refractivity contribution is -0.136. The van der Waals surface area contributed by atoms with Crippen LogP contribution in [0.25, 0.3) is 0 Å². The lowest BCUT2D eigenvalue weighted by Crippen LogP contribution is -2.54. The number of piperidine rings is 2. The molecule has 4 aliphatic rings. The number of para-hydroxylation sites is 1. The van der Waals surface area contributed by atoms with Gasteiger partial charge in [-0.25, -0.2) is 4.98 Å².